The molecule has 6 rings (SSSR count). The predicted molar refractivity (Wildman–Crippen MR) is 165 cm³/mol. The highest BCUT2D eigenvalue weighted by atomic mass is 16.5. The lowest BCUT2D eigenvalue weighted by Crippen LogP contribution is -2.28. The van der Waals surface area contributed by atoms with Gasteiger partial charge in [0.1, 0.15) is 19.8 Å². The zero-order valence-electron chi connectivity index (χ0n) is 23.9. The van der Waals surface area contributed by atoms with E-state index >= 15 is 0 Å². The summed E-state index contributed by atoms with van der Waals surface area (Å²) < 4.78 is 19.8. The van der Waals surface area contributed by atoms with Gasteiger partial charge in [0.05, 0.1) is 0 Å². The van der Waals surface area contributed by atoms with Gasteiger partial charge in [0.15, 0.2) is 17.3 Å². The molecule has 1 aliphatic heterocycles. The van der Waals surface area contributed by atoms with Crippen molar-refractivity contribution in [1.82, 2.24) is 4.90 Å². The first kappa shape index (κ1) is 28.0. The van der Waals surface area contributed by atoms with Crippen LogP contribution in [0.1, 0.15) is 34.2 Å². The summed E-state index contributed by atoms with van der Waals surface area (Å²) in [6.07, 6.45) is 8.53. The summed E-state index contributed by atoms with van der Waals surface area (Å²) in [5.74, 6) is 1.51. The molecule has 1 aliphatic carbocycles. The third kappa shape index (κ3) is 6.38. The second kappa shape index (κ2) is 12.8. The molecule has 6 heteroatoms. The van der Waals surface area contributed by atoms with Crippen LogP contribution in [0.25, 0.3) is 0 Å². The number of nitrogens with zero attached hydrogens (tertiary/aromatic N) is 1. The Morgan fingerprint density at radius 3 is 1.74 bits per heavy atom. The number of fused-ring (bicyclic) bond motifs is 2. The lowest BCUT2D eigenvalue weighted by molar-refractivity contribution is -0.118. The monoisotopic (exact) mass is 571 g/mol. The van der Waals surface area contributed by atoms with Gasteiger partial charge in [-0.05, 0) is 46.9 Å². The summed E-state index contributed by atoms with van der Waals surface area (Å²) in [5.41, 5.74) is 4.11. The van der Waals surface area contributed by atoms with Crippen molar-refractivity contribution in [2.75, 3.05) is 6.54 Å². The Hall–Kier alpha value is -5.10. The normalized spacial score (nSPS) is 15.1. The van der Waals surface area contributed by atoms with Crippen LogP contribution in [-0.4, -0.2) is 23.6 Å². The summed E-state index contributed by atoms with van der Waals surface area (Å²) in [4.78, 5) is 26.1. The van der Waals surface area contributed by atoms with Crippen molar-refractivity contribution in [1.29, 1.82) is 0 Å². The van der Waals surface area contributed by atoms with Crippen LogP contribution in [0.3, 0.4) is 0 Å². The van der Waals surface area contributed by atoms with E-state index in [2.05, 4.69) is 0 Å². The number of allylic oxidation sites excluding steroid dienone is 4. The standard InChI is InChI=1S/C37H33NO5/c39-27-38-21-20-37(18-16-32(40)17-19-37)34-31(23-38)22-33(41-24-28-10-4-1-5-11-28)35(42-25-29-12-6-2-7-13-29)36(34)43-26-30-14-8-3-9-15-30/h1-19,22,27H,20-21,23-26H2. The Kier molecular flexibility index (Phi) is 8.36. The van der Waals surface area contributed by atoms with Gasteiger partial charge in [-0.1, -0.05) is 103 Å². The van der Waals surface area contributed by atoms with Crippen molar-refractivity contribution in [3.05, 3.63) is 149 Å². The highest BCUT2D eigenvalue weighted by molar-refractivity contribution is 6.01. The molecule has 216 valence electrons. The van der Waals surface area contributed by atoms with E-state index in [4.69, 9.17) is 14.2 Å². The van der Waals surface area contributed by atoms with E-state index in [0.29, 0.717) is 56.6 Å². The number of ether oxygens (including phenoxy) is 3. The number of carbonyl (C=O) groups is 2. The number of rotatable bonds is 10. The van der Waals surface area contributed by atoms with Gasteiger partial charge in [-0.15, -0.1) is 0 Å². The van der Waals surface area contributed by atoms with Gasteiger partial charge < -0.3 is 19.1 Å². The Bertz CT molecular complexity index is 1610. The molecule has 2 aliphatic rings. The van der Waals surface area contributed by atoms with E-state index in [1.807, 2.05) is 109 Å². The van der Waals surface area contributed by atoms with Crippen molar-refractivity contribution >= 4 is 12.2 Å². The van der Waals surface area contributed by atoms with Crippen molar-refractivity contribution < 1.29 is 23.8 Å². The predicted octanol–water partition coefficient (Wildman–Crippen LogP) is 6.72. The van der Waals surface area contributed by atoms with E-state index in [9.17, 15) is 9.59 Å². The molecule has 0 bridgehead atoms. The minimum Gasteiger partial charge on any atom is -0.485 e. The van der Waals surface area contributed by atoms with Crippen molar-refractivity contribution in [3.63, 3.8) is 0 Å². The zero-order valence-corrected chi connectivity index (χ0v) is 23.9. The van der Waals surface area contributed by atoms with Gasteiger partial charge in [0, 0.05) is 24.1 Å². The first-order valence-electron chi connectivity index (χ1n) is 14.5. The maximum atomic E-state index is 12.3. The number of carbonyl (C=O) groups excluding carboxylic acids is 2. The van der Waals surface area contributed by atoms with Crippen molar-refractivity contribution in [3.8, 4) is 17.2 Å². The van der Waals surface area contributed by atoms with Gasteiger partial charge >= 0.3 is 0 Å². The Balaban J connectivity index is 1.52. The smallest absolute Gasteiger partial charge is 0.210 e. The second-order valence-electron chi connectivity index (χ2n) is 10.8. The molecular formula is C37H33NO5. The summed E-state index contributed by atoms with van der Waals surface area (Å²) in [6.45, 7) is 1.83. The van der Waals surface area contributed by atoms with Gasteiger partial charge in [-0.2, -0.15) is 0 Å². The minimum absolute atomic E-state index is 0.0706. The molecule has 0 N–H and O–H groups in total. The zero-order chi connectivity index (χ0) is 29.5. The lowest BCUT2D eigenvalue weighted by Gasteiger charge is -2.33. The fourth-order valence-corrected chi connectivity index (χ4v) is 5.63. The first-order valence-corrected chi connectivity index (χ1v) is 14.5. The van der Waals surface area contributed by atoms with Crippen LogP contribution in [0.2, 0.25) is 0 Å². The molecule has 0 unspecified atom stereocenters. The SMILES string of the molecule is O=CN1CCC2(C=CC(=O)C=C2)c2c(cc(OCc3ccccc3)c(OCc3ccccc3)c2OCc2ccccc2)C1. The number of amides is 1. The molecule has 6 nitrogen and oxygen atoms in total. The molecule has 43 heavy (non-hydrogen) atoms. The molecule has 1 heterocycles. The number of hydrogen-bond donors (Lipinski definition) is 0. The Labute approximate surface area is 251 Å². The highest BCUT2D eigenvalue weighted by Gasteiger charge is 2.40. The summed E-state index contributed by atoms with van der Waals surface area (Å²) >= 11 is 0. The third-order valence-corrected chi connectivity index (χ3v) is 7.86. The fraction of sp³-hybridized carbons (Fsp3) is 0.189. The quantitative estimate of drug-likeness (QED) is 0.198. The maximum Gasteiger partial charge on any atom is 0.210 e. The Morgan fingerprint density at radius 1 is 0.698 bits per heavy atom. The fourth-order valence-electron chi connectivity index (χ4n) is 5.63. The van der Waals surface area contributed by atoms with E-state index in [0.717, 1.165) is 34.2 Å². The van der Waals surface area contributed by atoms with Crippen LogP contribution in [0.15, 0.2) is 121 Å². The molecular weight excluding hydrogens is 538 g/mol. The molecule has 1 spiro atoms. The first-order chi connectivity index (χ1) is 21.1. The molecule has 0 saturated heterocycles. The van der Waals surface area contributed by atoms with E-state index in [-0.39, 0.29) is 5.78 Å². The lowest BCUT2D eigenvalue weighted by atomic mass is 9.73. The van der Waals surface area contributed by atoms with Crippen molar-refractivity contribution in [2.24, 2.45) is 0 Å². The maximum absolute atomic E-state index is 12.3. The van der Waals surface area contributed by atoms with E-state index in [1.54, 1.807) is 17.1 Å². The molecule has 1 amide bonds. The summed E-state index contributed by atoms with van der Waals surface area (Å²) in [5, 5.41) is 0. The van der Waals surface area contributed by atoms with Crippen LogP contribution < -0.4 is 14.2 Å². The number of hydrogen-bond acceptors (Lipinski definition) is 5. The van der Waals surface area contributed by atoms with Crippen molar-refractivity contribution in [2.45, 2.75) is 38.2 Å². The van der Waals surface area contributed by atoms with Crippen LogP contribution in [-0.2, 0) is 41.4 Å². The molecule has 0 aromatic heterocycles. The molecule has 0 fully saturated rings. The minimum atomic E-state index is -0.671. The van der Waals surface area contributed by atoms with Crippen LogP contribution >= 0.6 is 0 Å². The average Bonchev–Trinajstić information content (AvgIpc) is 3.21. The summed E-state index contributed by atoms with van der Waals surface area (Å²) in [7, 11) is 0. The largest absolute Gasteiger partial charge is 0.485 e. The van der Waals surface area contributed by atoms with E-state index in [1.165, 1.54) is 0 Å². The molecule has 0 atom stereocenters. The molecule has 0 radical (unpaired) electrons. The second-order valence-corrected chi connectivity index (χ2v) is 10.8. The topological polar surface area (TPSA) is 65.1 Å². The molecule has 0 saturated carbocycles. The number of ketones is 1. The van der Waals surface area contributed by atoms with Crippen LogP contribution in [0.5, 0.6) is 17.2 Å². The highest BCUT2D eigenvalue weighted by Crippen LogP contribution is 2.52. The van der Waals surface area contributed by atoms with Crippen LogP contribution in [0.4, 0.5) is 0 Å². The van der Waals surface area contributed by atoms with Gasteiger partial charge in [-0.25, -0.2) is 0 Å². The van der Waals surface area contributed by atoms with Gasteiger partial charge in [0.25, 0.3) is 0 Å². The number of benzene rings is 4. The molecule has 4 aromatic carbocycles. The Morgan fingerprint density at radius 2 is 1.21 bits per heavy atom. The van der Waals surface area contributed by atoms with Gasteiger partial charge in [-0.3, -0.25) is 9.59 Å². The summed E-state index contributed by atoms with van der Waals surface area (Å²) in [6, 6.07) is 31.8. The van der Waals surface area contributed by atoms with Gasteiger partial charge in [0.2, 0.25) is 12.2 Å². The van der Waals surface area contributed by atoms with E-state index < -0.39 is 5.41 Å². The molecule has 4 aromatic rings. The third-order valence-electron chi connectivity index (χ3n) is 7.86. The van der Waals surface area contributed by atoms with Crippen LogP contribution in [0, 0.1) is 0 Å². The average molecular weight is 572 g/mol.